The molecule has 0 aliphatic heterocycles. The maximum Gasteiger partial charge on any atom is 0.360 e. The molecule has 0 amide bonds. The molecule has 0 saturated carbocycles. The van der Waals surface area contributed by atoms with Crippen molar-refractivity contribution in [3.63, 3.8) is 0 Å². The van der Waals surface area contributed by atoms with Gasteiger partial charge >= 0.3 is 11.2 Å². The Morgan fingerprint density at radius 1 is 0.750 bits per heavy atom. The monoisotopic (exact) mass is 518 g/mol. The molecule has 0 aromatic heterocycles. The predicted molar refractivity (Wildman–Crippen MR) is 142 cm³/mol. The molecule has 0 heterocycles. The molecular weight excluding hydrogens is 484 g/mol. The van der Waals surface area contributed by atoms with Gasteiger partial charge < -0.3 is 4.74 Å². The van der Waals surface area contributed by atoms with E-state index in [2.05, 4.69) is 6.92 Å². The molecule has 194 valence electrons. The first-order valence-electron chi connectivity index (χ1n) is 12.4. The summed E-state index contributed by atoms with van der Waals surface area (Å²) in [6.07, 6.45) is 3.51. The van der Waals surface area contributed by atoms with Crippen LogP contribution in [0.4, 0.5) is 17.6 Å². The van der Waals surface area contributed by atoms with Gasteiger partial charge in [-0.15, -0.1) is 0 Å². The number of thioether (sulfide) groups is 1. The van der Waals surface area contributed by atoms with Crippen LogP contribution in [0.5, 0.6) is 5.75 Å². The van der Waals surface area contributed by atoms with Gasteiger partial charge in [0.25, 0.3) is 0 Å². The molecule has 0 atom stereocenters. The van der Waals surface area contributed by atoms with E-state index in [0.29, 0.717) is 17.7 Å². The van der Waals surface area contributed by atoms with Crippen molar-refractivity contribution < 1.29 is 22.3 Å². The van der Waals surface area contributed by atoms with Crippen LogP contribution in [-0.2, 0) is 6.42 Å². The van der Waals surface area contributed by atoms with Crippen molar-refractivity contribution in [2.75, 3.05) is 6.61 Å². The first-order chi connectivity index (χ1) is 17.0. The van der Waals surface area contributed by atoms with Crippen LogP contribution in [0.15, 0.2) is 65.6 Å². The van der Waals surface area contributed by atoms with Crippen molar-refractivity contribution in [2.45, 2.75) is 75.9 Å². The molecule has 6 heteroatoms. The lowest BCUT2D eigenvalue weighted by Crippen LogP contribution is -2.39. The maximum absolute atomic E-state index is 14.8. The fourth-order valence-corrected chi connectivity index (χ4v) is 5.09. The van der Waals surface area contributed by atoms with E-state index in [1.807, 2.05) is 31.2 Å². The zero-order valence-corrected chi connectivity index (χ0v) is 22.2. The number of ether oxygens (including phenoxy) is 1. The van der Waals surface area contributed by atoms with E-state index in [1.165, 1.54) is 25.0 Å². The lowest BCUT2D eigenvalue weighted by atomic mass is 10.0. The van der Waals surface area contributed by atoms with E-state index in [-0.39, 0.29) is 22.2 Å². The fraction of sp³-hybridized carbons (Fsp3) is 0.400. The van der Waals surface area contributed by atoms with E-state index in [0.717, 1.165) is 35.3 Å². The minimum absolute atomic E-state index is 0.0506. The molecule has 3 aromatic carbocycles. The van der Waals surface area contributed by atoms with Gasteiger partial charge in [0.2, 0.25) is 0 Å². The van der Waals surface area contributed by atoms with Gasteiger partial charge in [0.05, 0.1) is 6.61 Å². The van der Waals surface area contributed by atoms with Crippen LogP contribution >= 0.6 is 11.8 Å². The summed E-state index contributed by atoms with van der Waals surface area (Å²) in [6.45, 7) is 8.03. The molecule has 36 heavy (non-hydrogen) atoms. The third-order valence-corrected chi connectivity index (χ3v) is 7.50. The van der Waals surface area contributed by atoms with Crippen LogP contribution < -0.4 is 4.74 Å². The molecular formula is C30H34F4OS. The quantitative estimate of drug-likeness (QED) is 0.134. The molecule has 0 spiro atoms. The average molecular weight is 519 g/mol. The van der Waals surface area contributed by atoms with Gasteiger partial charge in [-0.3, -0.25) is 0 Å². The summed E-state index contributed by atoms with van der Waals surface area (Å²) in [5.74, 6) is -3.43. The second-order valence-electron chi connectivity index (χ2n) is 9.36. The molecule has 0 radical (unpaired) electrons. The Morgan fingerprint density at radius 3 is 1.86 bits per heavy atom. The SMILES string of the molecule is CCCCCCOc1ccc(-c2ccc(CC(F)(F)C(F)(F)Sc3c(C)cc(C)cc3C)cc2)cc1. The van der Waals surface area contributed by atoms with E-state index in [4.69, 9.17) is 4.74 Å². The Hall–Kier alpha value is -2.47. The number of benzene rings is 3. The van der Waals surface area contributed by atoms with Gasteiger partial charge in [0.15, 0.2) is 0 Å². The van der Waals surface area contributed by atoms with Gasteiger partial charge in [-0.2, -0.15) is 17.6 Å². The van der Waals surface area contributed by atoms with Crippen LogP contribution in [0.2, 0.25) is 0 Å². The Kier molecular flexibility index (Phi) is 9.51. The van der Waals surface area contributed by atoms with Crippen molar-refractivity contribution in [1.82, 2.24) is 0 Å². The van der Waals surface area contributed by atoms with E-state index < -0.39 is 17.6 Å². The maximum atomic E-state index is 14.8. The standard InChI is InChI=1S/C30H34F4OS/c1-5-6-7-8-17-35-27-15-13-26(14-16-27)25-11-9-24(10-12-25)20-29(31,32)30(33,34)36-28-22(3)18-21(2)19-23(28)4/h9-16,18-19H,5-8,17,20H2,1-4H3. The molecule has 0 aliphatic carbocycles. The average Bonchev–Trinajstić information content (AvgIpc) is 2.82. The number of halogens is 4. The summed E-state index contributed by atoms with van der Waals surface area (Å²) in [4.78, 5) is 0.203. The van der Waals surface area contributed by atoms with Crippen LogP contribution in [0.1, 0.15) is 54.9 Å². The first-order valence-corrected chi connectivity index (χ1v) is 13.2. The minimum atomic E-state index is -4.25. The fourth-order valence-electron chi connectivity index (χ4n) is 4.17. The van der Waals surface area contributed by atoms with Gasteiger partial charge in [-0.05, 0) is 78.9 Å². The Bertz CT molecular complexity index is 1100. The van der Waals surface area contributed by atoms with Crippen LogP contribution in [0.25, 0.3) is 11.1 Å². The smallest absolute Gasteiger partial charge is 0.360 e. The second kappa shape index (κ2) is 12.2. The second-order valence-corrected chi connectivity index (χ2v) is 10.5. The topological polar surface area (TPSA) is 9.23 Å². The van der Waals surface area contributed by atoms with Crippen molar-refractivity contribution in [3.05, 3.63) is 82.9 Å². The van der Waals surface area contributed by atoms with E-state index in [1.54, 1.807) is 38.1 Å². The molecule has 0 aliphatic rings. The Balaban J connectivity index is 1.64. The number of aryl methyl sites for hydroxylation is 3. The van der Waals surface area contributed by atoms with E-state index >= 15 is 0 Å². The van der Waals surface area contributed by atoms with Crippen molar-refractivity contribution in [2.24, 2.45) is 0 Å². The number of alkyl halides is 4. The third kappa shape index (κ3) is 7.28. The molecule has 0 unspecified atom stereocenters. The summed E-state index contributed by atoms with van der Waals surface area (Å²) >= 11 is -0.0506. The lowest BCUT2D eigenvalue weighted by molar-refractivity contribution is -0.150. The van der Waals surface area contributed by atoms with Gasteiger partial charge in [0, 0.05) is 11.3 Å². The molecule has 1 nitrogen and oxygen atoms in total. The molecule has 0 bridgehead atoms. The Labute approximate surface area is 216 Å². The van der Waals surface area contributed by atoms with Crippen molar-refractivity contribution in [3.8, 4) is 16.9 Å². The Morgan fingerprint density at radius 2 is 1.31 bits per heavy atom. The van der Waals surface area contributed by atoms with Gasteiger partial charge in [-0.25, -0.2) is 0 Å². The number of hydrogen-bond acceptors (Lipinski definition) is 2. The number of rotatable bonds is 12. The zero-order valence-electron chi connectivity index (χ0n) is 21.3. The normalized spacial score (nSPS) is 12.1. The highest BCUT2D eigenvalue weighted by Crippen LogP contribution is 2.50. The summed E-state index contributed by atoms with van der Waals surface area (Å²) in [6, 6.07) is 17.4. The predicted octanol–water partition coefficient (Wildman–Crippen LogP) is 9.80. The molecule has 0 fully saturated rings. The summed E-state index contributed by atoms with van der Waals surface area (Å²) in [5, 5.41) is -4.25. The van der Waals surface area contributed by atoms with Crippen LogP contribution in [0, 0.1) is 20.8 Å². The largest absolute Gasteiger partial charge is 0.494 e. The molecule has 0 N–H and O–H groups in total. The lowest BCUT2D eigenvalue weighted by Gasteiger charge is -2.27. The van der Waals surface area contributed by atoms with Gasteiger partial charge in [0.1, 0.15) is 5.75 Å². The first kappa shape index (κ1) is 28.1. The van der Waals surface area contributed by atoms with Crippen molar-refractivity contribution in [1.29, 1.82) is 0 Å². The highest BCUT2D eigenvalue weighted by molar-refractivity contribution is 8.00. The summed E-state index contributed by atoms with van der Waals surface area (Å²) in [7, 11) is 0. The third-order valence-electron chi connectivity index (χ3n) is 6.10. The highest BCUT2D eigenvalue weighted by Gasteiger charge is 2.57. The highest BCUT2D eigenvalue weighted by atomic mass is 32.2. The summed E-state index contributed by atoms with van der Waals surface area (Å²) < 4.78 is 64.8. The zero-order chi connectivity index (χ0) is 26.3. The minimum Gasteiger partial charge on any atom is -0.494 e. The number of hydrogen-bond donors (Lipinski definition) is 0. The molecule has 3 rings (SSSR count). The van der Waals surface area contributed by atoms with Gasteiger partial charge in [-0.1, -0.05) is 80.3 Å². The van der Waals surface area contributed by atoms with Crippen molar-refractivity contribution >= 4 is 11.8 Å². The number of unbranched alkanes of at least 4 members (excludes halogenated alkanes) is 3. The van der Waals surface area contributed by atoms with Crippen LogP contribution in [0.3, 0.4) is 0 Å². The summed E-state index contributed by atoms with van der Waals surface area (Å²) in [5.41, 5.74) is 3.94. The molecule has 0 saturated heterocycles. The molecule has 3 aromatic rings. The van der Waals surface area contributed by atoms with E-state index in [9.17, 15) is 17.6 Å². The van der Waals surface area contributed by atoms with Crippen LogP contribution in [-0.4, -0.2) is 17.8 Å².